The van der Waals surface area contributed by atoms with Crippen LogP contribution in [-0.2, 0) is 28.5 Å². The van der Waals surface area contributed by atoms with Gasteiger partial charge in [0.1, 0.15) is 0 Å². The zero-order valence-corrected chi connectivity index (χ0v) is 19.7. The molecule has 1 heterocycles. The van der Waals surface area contributed by atoms with Gasteiger partial charge in [0.05, 0.1) is 22.5 Å². The summed E-state index contributed by atoms with van der Waals surface area (Å²) in [6, 6.07) is 12.4. The highest BCUT2D eigenvalue weighted by atomic mass is 32.2. The van der Waals surface area contributed by atoms with Crippen LogP contribution in [0.3, 0.4) is 0 Å². The van der Waals surface area contributed by atoms with Gasteiger partial charge in [0.2, 0.25) is 10.0 Å². The third-order valence-electron chi connectivity index (χ3n) is 5.46. The van der Waals surface area contributed by atoms with Crippen LogP contribution >= 0.6 is 0 Å². The summed E-state index contributed by atoms with van der Waals surface area (Å²) in [7, 11) is -0.783. The van der Waals surface area contributed by atoms with Crippen molar-refractivity contribution in [2.24, 2.45) is 0 Å². The average Bonchev–Trinajstić information content (AvgIpc) is 2.71. The number of sulfonamides is 1. The molecular formula is C23H29N3O4S. The zero-order valence-electron chi connectivity index (χ0n) is 18.8. The summed E-state index contributed by atoms with van der Waals surface area (Å²) in [5, 5.41) is 0. The van der Waals surface area contributed by atoms with Gasteiger partial charge >= 0.3 is 11.1 Å². The fraction of sp³-hybridized carbons (Fsp3) is 0.391. The van der Waals surface area contributed by atoms with Crippen LogP contribution in [0.25, 0.3) is 11.0 Å². The molecule has 0 N–H and O–H groups in total. The van der Waals surface area contributed by atoms with Gasteiger partial charge < -0.3 is 4.57 Å². The molecule has 1 aromatic heterocycles. The number of hydrogen-bond acceptors (Lipinski definition) is 4. The van der Waals surface area contributed by atoms with Crippen LogP contribution in [0.5, 0.6) is 0 Å². The Kier molecular flexibility index (Phi) is 5.99. The van der Waals surface area contributed by atoms with E-state index in [1.807, 2.05) is 24.3 Å². The minimum Gasteiger partial charge on any atom is -0.302 e. The molecule has 0 bridgehead atoms. The van der Waals surface area contributed by atoms with Crippen molar-refractivity contribution in [2.45, 2.75) is 51.1 Å². The molecule has 8 heteroatoms. The van der Waals surface area contributed by atoms with Crippen LogP contribution < -0.4 is 11.1 Å². The second-order valence-corrected chi connectivity index (χ2v) is 11.0. The molecule has 3 aromatic rings. The first-order valence-corrected chi connectivity index (χ1v) is 11.6. The van der Waals surface area contributed by atoms with Gasteiger partial charge in [-0.05, 0) is 41.7 Å². The lowest BCUT2D eigenvalue weighted by Crippen LogP contribution is -2.41. The number of hydrogen-bond donors (Lipinski definition) is 0. The number of fused-ring (bicyclic) bond motifs is 1. The molecule has 0 spiro atoms. The highest BCUT2D eigenvalue weighted by Gasteiger charge is 2.21. The predicted octanol–water partition coefficient (Wildman–Crippen LogP) is 2.78. The third kappa shape index (κ3) is 4.22. The first-order valence-electron chi connectivity index (χ1n) is 10.2. The van der Waals surface area contributed by atoms with E-state index in [1.165, 1.54) is 35.4 Å². The van der Waals surface area contributed by atoms with E-state index in [1.54, 1.807) is 13.0 Å². The Labute approximate surface area is 182 Å². The van der Waals surface area contributed by atoms with Gasteiger partial charge in [-0.1, -0.05) is 45.0 Å². The number of aryl methyl sites for hydroxylation is 1. The van der Waals surface area contributed by atoms with Crippen molar-refractivity contribution in [3.05, 3.63) is 74.3 Å². The normalized spacial score (nSPS) is 12.6. The Morgan fingerprint density at radius 1 is 0.871 bits per heavy atom. The highest BCUT2D eigenvalue weighted by Crippen LogP contribution is 2.23. The van der Waals surface area contributed by atoms with E-state index in [4.69, 9.17) is 0 Å². The van der Waals surface area contributed by atoms with Gasteiger partial charge in [-0.2, -0.15) is 0 Å². The molecule has 31 heavy (non-hydrogen) atoms. The highest BCUT2D eigenvalue weighted by molar-refractivity contribution is 7.89. The topological polar surface area (TPSA) is 81.4 Å². The minimum absolute atomic E-state index is 0.000886. The number of benzene rings is 2. The first kappa shape index (κ1) is 23.0. The Bertz CT molecular complexity index is 1340. The molecule has 0 aliphatic carbocycles. The molecule has 3 rings (SSSR count). The van der Waals surface area contributed by atoms with Gasteiger partial charge in [0, 0.05) is 20.6 Å². The summed E-state index contributed by atoms with van der Waals surface area (Å²) in [6.07, 6.45) is 0. The van der Waals surface area contributed by atoms with Crippen LogP contribution in [0, 0.1) is 0 Å². The monoisotopic (exact) mass is 443 g/mol. The number of aromatic nitrogens is 2. The summed E-state index contributed by atoms with van der Waals surface area (Å²) in [6.45, 7) is 8.63. The van der Waals surface area contributed by atoms with Crippen LogP contribution in [0.4, 0.5) is 0 Å². The van der Waals surface area contributed by atoms with Crippen molar-refractivity contribution >= 4 is 21.1 Å². The van der Waals surface area contributed by atoms with E-state index in [2.05, 4.69) is 20.8 Å². The molecule has 0 radical (unpaired) electrons. The van der Waals surface area contributed by atoms with E-state index in [-0.39, 0.29) is 16.9 Å². The van der Waals surface area contributed by atoms with E-state index in [0.717, 1.165) is 15.4 Å². The molecule has 7 nitrogen and oxygen atoms in total. The maximum atomic E-state index is 13.0. The summed E-state index contributed by atoms with van der Waals surface area (Å²) < 4.78 is 29.2. The maximum Gasteiger partial charge on any atom is 0.317 e. The van der Waals surface area contributed by atoms with E-state index in [9.17, 15) is 18.0 Å². The Morgan fingerprint density at radius 3 is 1.97 bits per heavy atom. The van der Waals surface area contributed by atoms with Gasteiger partial charge in [-0.3, -0.25) is 14.2 Å². The van der Waals surface area contributed by atoms with Crippen molar-refractivity contribution in [1.29, 1.82) is 0 Å². The predicted molar refractivity (Wildman–Crippen MR) is 123 cm³/mol. The molecule has 0 saturated carbocycles. The lowest BCUT2D eigenvalue weighted by Gasteiger charge is -2.20. The minimum atomic E-state index is -3.69. The van der Waals surface area contributed by atoms with Crippen molar-refractivity contribution < 1.29 is 8.42 Å². The quantitative estimate of drug-likeness (QED) is 0.568. The summed E-state index contributed by atoms with van der Waals surface area (Å²) >= 11 is 0. The molecule has 0 atom stereocenters. The van der Waals surface area contributed by atoms with E-state index < -0.39 is 21.1 Å². The zero-order chi connectivity index (χ0) is 23.1. The molecule has 2 aromatic carbocycles. The van der Waals surface area contributed by atoms with Gasteiger partial charge in [0.15, 0.2) is 0 Å². The lowest BCUT2D eigenvalue weighted by atomic mass is 9.87. The molecule has 0 aliphatic heterocycles. The van der Waals surface area contributed by atoms with Crippen molar-refractivity contribution in [1.82, 2.24) is 13.4 Å². The Morgan fingerprint density at radius 2 is 1.45 bits per heavy atom. The van der Waals surface area contributed by atoms with Gasteiger partial charge in [-0.15, -0.1) is 0 Å². The van der Waals surface area contributed by atoms with Crippen molar-refractivity contribution in [3.63, 3.8) is 0 Å². The third-order valence-corrected chi connectivity index (χ3v) is 7.27. The van der Waals surface area contributed by atoms with Gasteiger partial charge in [0.25, 0.3) is 0 Å². The molecule has 0 fully saturated rings. The number of nitrogens with zero attached hydrogens (tertiary/aromatic N) is 3. The average molecular weight is 444 g/mol. The molecule has 166 valence electrons. The Balaban J connectivity index is 2.25. The first-order chi connectivity index (χ1) is 14.4. The van der Waals surface area contributed by atoms with Crippen LogP contribution in [0.1, 0.15) is 38.8 Å². The fourth-order valence-electron chi connectivity index (χ4n) is 3.53. The summed E-state index contributed by atoms with van der Waals surface area (Å²) in [5.41, 5.74) is 1.66. The van der Waals surface area contributed by atoms with Crippen molar-refractivity contribution in [3.8, 4) is 0 Å². The molecular weight excluding hydrogens is 414 g/mol. The Hall–Kier alpha value is -2.71. The fourth-order valence-corrected chi connectivity index (χ4v) is 4.45. The molecule has 0 aliphatic rings. The smallest absolute Gasteiger partial charge is 0.302 e. The van der Waals surface area contributed by atoms with E-state index >= 15 is 0 Å². The second-order valence-electron chi connectivity index (χ2n) is 8.83. The van der Waals surface area contributed by atoms with Crippen LogP contribution in [0.15, 0.2) is 56.9 Å². The maximum absolute atomic E-state index is 13.0. The van der Waals surface area contributed by atoms with Crippen molar-refractivity contribution in [2.75, 3.05) is 14.1 Å². The van der Waals surface area contributed by atoms with E-state index in [0.29, 0.717) is 17.6 Å². The van der Waals surface area contributed by atoms with Crippen LogP contribution in [-0.4, -0.2) is 36.0 Å². The van der Waals surface area contributed by atoms with Gasteiger partial charge in [-0.25, -0.2) is 12.7 Å². The molecule has 0 saturated heterocycles. The SMILES string of the molecule is CCn1c(=O)c(=O)n(Cc2ccc(C(C)(C)C)cc2)c2cc(S(=O)(=O)N(C)C)ccc21. The summed E-state index contributed by atoms with van der Waals surface area (Å²) in [5.74, 6) is 0. The molecule has 0 amide bonds. The molecule has 0 unspecified atom stereocenters. The number of rotatable bonds is 5. The second kappa shape index (κ2) is 8.09. The lowest BCUT2D eigenvalue weighted by molar-refractivity contribution is 0.521. The van der Waals surface area contributed by atoms with Crippen LogP contribution in [0.2, 0.25) is 0 Å². The standard InChI is InChI=1S/C23H29N3O4S/c1-7-25-19-13-12-18(31(29,30)24(5)6)14-20(19)26(22(28)21(25)27)15-16-8-10-17(11-9-16)23(2,3)4/h8-14H,7,15H2,1-6H3. The summed E-state index contributed by atoms with van der Waals surface area (Å²) in [4.78, 5) is 25.7. The largest absolute Gasteiger partial charge is 0.317 e.